The molecule has 4 aliphatic rings. The van der Waals surface area contributed by atoms with Crippen LogP contribution in [-0.4, -0.2) is 34.3 Å². The molecule has 4 atom stereocenters. The van der Waals surface area contributed by atoms with E-state index in [9.17, 15) is 29.1 Å². The third-order valence-electron chi connectivity index (χ3n) is 10.2. The summed E-state index contributed by atoms with van der Waals surface area (Å²) in [4.78, 5) is 69.6. The van der Waals surface area contributed by atoms with Gasteiger partial charge in [-0.25, -0.2) is 0 Å². The van der Waals surface area contributed by atoms with Crippen molar-refractivity contribution in [2.75, 3.05) is 4.90 Å². The van der Waals surface area contributed by atoms with Crippen LogP contribution in [0.3, 0.4) is 0 Å². The molecule has 4 aromatic carbocycles. The highest BCUT2D eigenvalue weighted by atomic mass is 16.3. The third kappa shape index (κ3) is 4.30. The molecule has 7 heteroatoms. The van der Waals surface area contributed by atoms with E-state index in [1.54, 1.807) is 61.5 Å². The maximum atomic E-state index is 14.3. The van der Waals surface area contributed by atoms with Gasteiger partial charge in [0.05, 0.1) is 17.5 Å². The number of imide groups is 1. The summed E-state index contributed by atoms with van der Waals surface area (Å²) in [6.07, 6.45) is 3.73. The predicted octanol–water partition coefficient (Wildman–Crippen LogP) is 6.41. The minimum Gasteiger partial charge on any atom is -0.507 e. The molecule has 3 aliphatic carbocycles. The molecule has 0 bridgehead atoms. The van der Waals surface area contributed by atoms with Crippen molar-refractivity contribution in [3.63, 3.8) is 0 Å². The predicted molar refractivity (Wildman–Crippen MR) is 176 cm³/mol. The second-order valence-corrected chi connectivity index (χ2v) is 12.7. The maximum absolute atomic E-state index is 14.3. The van der Waals surface area contributed by atoms with Gasteiger partial charge < -0.3 is 5.11 Å². The number of ketones is 3. The standard InChI is InChI=1S/C40H29NO6/c1-21-19-32(42)35-31(36(21)43)20-30-27(33(35)28-16-13-22-7-5-6-10-26(22)38(28)45)17-18-29-34(30)40(47)41(39(29)46)25-14-11-24(12-15-25)37(44)23-8-3-2-4-9-23/h2-17,19,29-30,33-34,45H,18,20H2,1H3/t29-,30+,33+,34-/m0/s1. The van der Waals surface area contributed by atoms with E-state index in [-0.39, 0.29) is 47.8 Å². The summed E-state index contributed by atoms with van der Waals surface area (Å²) in [7, 11) is 0. The summed E-state index contributed by atoms with van der Waals surface area (Å²) in [6, 6.07) is 26.4. The Morgan fingerprint density at radius 2 is 1.49 bits per heavy atom. The molecular formula is C40H29NO6. The topological polar surface area (TPSA) is 109 Å². The summed E-state index contributed by atoms with van der Waals surface area (Å²) in [5.74, 6) is -4.02. The average molecular weight is 620 g/mol. The van der Waals surface area contributed by atoms with Crippen LogP contribution in [0.2, 0.25) is 0 Å². The lowest BCUT2D eigenvalue weighted by molar-refractivity contribution is -0.123. The first-order valence-electron chi connectivity index (χ1n) is 15.7. The molecule has 1 saturated heterocycles. The van der Waals surface area contributed by atoms with Gasteiger partial charge in [-0.1, -0.05) is 78.4 Å². The summed E-state index contributed by atoms with van der Waals surface area (Å²) in [5, 5.41) is 13.0. The lowest BCUT2D eigenvalue weighted by atomic mass is 9.59. The molecule has 47 heavy (non-hydrogen) atoms. The fourth-order valence-electron chi connectivity index (χ4n) is 8.01. The molecule has 0 spiro atoms. The van der Waals surface area contributed by atoms with E-state index in [1.165, 1.54) is 11.0 Å². The maximum Gasteiger partial charge on any atom is 0.238 e. The number of rotatable bonds is 4. The van der Waals surface area contributed by atoms with Gasteiger partial charge in [0.25, 0.3) is 0 Å². The normalized spacial score (nSPS) is 23.7. The molecule has 1 fully saturated rings. The second-order valence-electron chi connectivity index (χ2n) is 12.7. The number of aromatic hydroxyl groups is 1. The van der Waals surface area contributed by atoms with Crippen molar-refractivity contribution in [3.05, 3.63) is 142 Å². The Morgan fingerprint density at radius 1 is 0.787 bits per heavy atom. The molecule has 0 aromatic heterocycles. The molecule has 1 N–H and O–H groups in total. The van der Waals surface area contributed by atoms with E-state index in [0.29, 0.717) is 44.5 Å². The fraction of sp³-hybridized carbons (Fsp3) is 0.175. The number of amides is 2. The number of hydrogen-bond acceptors (Lipinski definition) is 6. The highest BCUT2D eigenvalue weighted by Gasteiger charge is 2.56. The number of anilines is 1. The molecular weight excluding hydrogens is 590 g/mol. The number of fused-ring (bicyclic) bond motifs is 4. The van der Waals surface area contributed by atoms with Gasteiger partial charge in [0, 0.05) is 44.7 Å². The molecule has 230 valence electrons. The minimum atomic E-state index is -0.749. The van der Waals surface area contributed by atoms with Crippen LogP contribution in [0.1, 0.15) is 47.2 Å². The SMILES string of the molecule is CC1=CC(=O)C2=C(C[C@@H]3C(=CC[C@@H]4C(=O)N(c5ccc(C(=O)c6ccccc6)cc5)C(=O)[C@@H]43)[C@@H]2c2ccc3ccccc3c2O)C1=O. The number of carbonyl (C=O) groups excluding carboxylic acids is 5. The third-order valence-corrected chi connectivity index (χ3v) is 10.2. The van der Waals surface area contributed by atoms with E-state index in [2.05, 4.69) is 0 Å². The van der Waals surface area contributed by atoms with Crippen molar-refractivity contribution >= 4 is 45.6 Å². The molecule has 1 aliphatic heterocycles. The van der Waals surface area contributed by atoms with E-state index < -0.39 is 23.7 Å². The Labute approximate surface area is 270 Å². The lowest BCUT2D eigenvalue weighted by Crippen LogP contribution is -2.39. The van der Waals surface area contributed by atoms with Gasteiger partial charge in [-0.3, -0.25) is 28.9 Å². The summed E-state index contributed by atoms with van der Waals surface area (Å²) in [6.45, 7) is 1.61. The van der Waals surface area contributed by atoms with Crippen molar-refractivity contribution in [2.24, 2.45) is 17.8 Å². The highest BCUT2D eigenvalue weighted by Crippen LogP contribution is 2.56. The van der Waals surface area contributed by atoms with Gasteiger partial charge in [0.2, 0.25) is 11.8 Å². The van der Waals surface area contributed by atoms with Gasteiger partial charge in [-0.2, -0.15) is 0 Å². The van der Waals surface area contributed by atoms with Gasteiger partial charge in [0.1, 0.15) is 5.75 Å². The Bertz CT molecular complexity index is 2170. The smallest absolute Gasteiger partial charge is 0.238 e. The fourth-order valence-corrected chi connectivity index (χ4v) is 8.01. The van der Waals surface area contributed by atoms with Crippen LogP contribution in [0.25, 0.3) is 10.8 Å². The first kappa shape index (κ1) is 28.8. The van der Waals surface area contributed by atoms with E-state index in [4.69, 9.17) is 0 Å². The van der Waals surface area contributed by atoms with Crippen molar-refractivity contribution in [2.45, 2.75) is 25.7 Å². The highest BCUT2D eigenvalue weighted by molar-refractivity contribution is 6.25. The molecule has 4 aromatic rings. The van der Waals surface area contributed by atoms with Crippen LogP contribution >= 0.6 is 0 Å². The van der Waals surface area contributed by atoms with Gasteiger partial charge >= 0.3 is 0 Å². The van der Waals surface area contributed by atoms with E-state index in [0.717, 1.165) is 11.0 Å². The number of phenols is 1. The summed E-state index contributed by atoms with van der Waals surface area (Å²) >= 11 is 0. The quantitative estimate of drug-likeness (QED) is 0.122. The van der Waals surface area contributed by atoms with Crippen molar-refractivity contribution in [1.29, 1.82) is 0 Å². The first-order valence-corrected chi connectivity index (χ1v) is 15.7. The monoisotopic (exact) mass is 619 g/mol. The number of benzene rings is 4. The van der Waals surface area contributed by atoms with E-state index in [1.807, 2.05) is 42.5 Å². The van der Waals surface area contributed by atoms with Gasteiger partial charge in [-0.05, 0) is 61.4 Å². The Balaban J connectivity index is 1.19. The Morgan fingerprint density at radius 3 is 2.26 bits per heavy atom. The minimum absolute atomic E-state index is 0.0238. The zero-order valence-corrected chi connectivity index (χ0v) is 25.5. The molecule has 7 nitrogen and oxygen atoms in total. The van der Waals surface area contributed by atoms with Crippen molar-refractivity contribution in [1.82, 2.24) is 0 Å². The zero-order valence-electron chi connectivity index (χ0n) is 25.5. The van der Waals surface area contributed by atoms with Crippen LogP contribution in [0.4, 0.5) is 5.69 Å². The second kappa shape index (κ2) is 10.7. The lowest BCUT2D eigenvalue weighted by Gasteiger charge is -2.42. The molecule has 0 radical (unpaired) electrons. The molecule has 0 unspecified atom stereocenters. The number of phenolic OH excluding ortho intramolecular Hbond substituents is 1. The van der Waals surface area contributed by atoms with Gasteiger partial charge in [0.15, 0.2) is 17.3 Å². The number of nitrogens with zero attached hydrogens (tertiary/aromatic N) is 1. The zero-order chi connectivity index (χ0) is 32.6. The first-order chi connectivity index (χ1) is 22.7. The summed E-state index contributed by atoms with van der Waals surface area (Å²) < 4.78 is 0. The number of Topliss-reactive ketones (excluding diaryl/α,β-unsaturated/α-hetero) is 1. The molecule has 2 amide bonds. The summed E-state index contributed by atoms with van der Waals surface area (Å²) in [5.41, 5.74) is 3.63. The van der Waals surface area contributed by atoms with E-state index >= 15 is 0 Å². The van der Waals surface area contributed by atoms with Crippen LogP contribution in [0.15, 0.2) is 125 Å². The largest absolute Gasteiger partial charge is 0.507 e. The molecule has 1 heterocycles. The van der Waals surface area contributed by atoms with Crippen LogP contribution < -0.4 is 4.90 Å². The van der Waals surface area contributed by atoms with Gasteiger partial charge in [-0.15, -0.1) is 0 Å². The number of carbonyl (C=O) groups is 5. The van der Waals surface area contributed by atoms with Crippen LogP contribution in [-0.2, 0) is 19.2 Å². The average Bonchev–Trinajstić information content (AvgIpc) is 3.36. The number of allylic oxidation sites excluding steroid dienone is 6. The van der Waals surface area contributed by atoms with Crippen LogP contribution in [0, 0.1) is 17.8 Å². The molecule has 0 saturated carbocycles. The molecule has 8 rings (SSSR count). The Hall–Kier alpha value is -5.69. The Kier molecular flexibility index (Phi) is 6.55. The van der Waals surface area contributed by atoms with Crippen molar-refractivity contribution in [3.8, 4) is 5.75 Å². The van der Waals surface area contributed by atoms with Crippen LogP contribution in [0.5, 0.6) is 5.75 Å². The van der Waals surface area contributed by atoms with Crippen molar-refractivity contribution < 1.29 is 29.1 Å². The number of hydrogen-bond donors (Lipinski definition) is 1.